The number of aliphatic hydroxyl groups excluding tert-OH is 1. The molecule has 0 aromatic rings. The van der Waals surface area contributed by atoms with Crippen LogP contribution in [-0.2, 0) is 14.3 Å². The summed E-state index contributed by atoms with van der Waals surface area (Å²) in [5, 5.41) is 8.18. The minimum Gasteiger partial charge on any atom is -1.00 e. The number of nitrogens with two attached hydrogens (primary N) is 1. The van der Waals surface area contributed by atoms with Gasteiger partial charge in [0.15, 0.2) is 0 Å². The van der Waals surface area contributed by atoms with Crippen LogP contribution >= 0.6 is 0 Å². The number of hydrogen-bond donors (Lipinski definition) is 2. The van der Waals surface area contributed by atoms with Gasteiger partial charge in [-0.1, -0.05) is 0 Å². The fourth-order valence-electron chi connectivity index (χ4n) is 0.367. The van der Waals surface area contributed by atoms with Gasteiger partial charge >= 0.3 is 29.6 Å². The minimum absolute atomic E-state index is 0. The Balaban J connectivity index is -0.000000405. The predicted molar refractivity (Wildman–Crippen MR) is 37.0 cm³/mol. The molecule has 0 bridgehead atoms. The minimum atomic E-state index is -3.48. The maximum absolute atomic E-state index is 10.6. The largest absolute Gasteiger partial charge is 1.00 e. The van der Waals surface area contributed by atoms with Crippen LogP contribution in [0.15, 0.2) is 0 Å². The molecule has 0 amide bonds. The van der Waals surface area contributed by atoms with Crippen LogP contribution < -0.4 is 35.3 Å². The van der Waals surface area contributed by atoms with Crippen LogP contribution in [0.4, 0.5) is 0 Å². The Bertz CT molecular complexity index is 174. The van der Waals surface area contributed by atoms with Crippen LogP contribution in [0.2, 0.25) is 0 Å². The molecule has 11 heavy (non-hydrogen) atoms. The predicted octanol–water partition coefficient (Wildman–Crippen LogP) is -4.60. The van der Waals surface area contributed by atoms with Crippen LogP contribution in [-0.4, -0.2) is 39.0 Å². The molecule has 64 valence electrons. The van der Waals surface area contributed by atoms with Gasteiger partial charge < -0.3 is 12.3 Å². The van der Waals surface area contributed by atoms with E-state index >= 15 is 0 Å². The van der Waals surface area contributed by atoms with Crippen LogP contribution in [0.3, 0.4) is 0 Å². The summed E-state index contributed by atoms with van der Waals surface area (Å²) >= 11 is 0. The molecule has 0 saturated heterocycles. The molecule has 0 rings (SSSR count). The van der Waals surface area contributed by atoms with Crippen molar-refractivity contribution in [2.45, 2.75) is 0 Å². The maximum Gasteiger partial charge on any atom is 1.00 e. The second-order valence-electron chi connectivity index (χ2n) is 1.60. The fourth-order valence-corrected chi connectivity index (χ4v) is 1.10. The summed E-state index contributed by atoms with van der Waals surface area (Å²) in [7, 11) is -3.48. The SMILES string of the molecule is NCCS(=O)(=O)OCCO.[H-].[Na+]. The van der Waals surface area contributed by atoms with E-state index in [0.29, 0.717) is 0 Å². The zero-order chi connectivity index (χ0) is 8.04. The van der Waals surface area contributed by atoms with E-state index in [4.69, 9.17) is 10.8 Å². The van der Waals surface area contributed by atoms with E-state index in [-0.39, 0.29) is 56.5 Å². The monoisotopic (exact) mass is 193 g/mol. The average Bonchev–Trinajstić information content (AvgIpc) is 1.84. The van der Waals surface area contributed by atoms with Crippen molar-refractivity contribution in [3.8, 4) is 0 Å². The standard InChI is InChI=1S/C4H11NO4S.Na.H/c5-1-4-10(7,8)9-3-2-6;;/h6H,1-5H2;;/q;+1;-1. The van der Waals surface area contributed by atoms with Crippen molar-refractivity contribution in [1.29, 1.82) is 0 Å². The molecule has 0 spiro atoms. The molecule has 0 fully saturated rings. The number of hydrogen-bond acceptors (Lipinski definition) is 5. The summed E-state index contributed by atoms with van der Waals surface area (Å²) < 4.78 is 25.4. The van der Waals surface area contributed by atoms with Gasteiger partial charge in [0.25, 0.3) is 10.1 Å². The normalized spacial score (nSPS) is 10.7. The summed E-state index contributed by atoms with van der Waals surface area (Å²) in [6, 6.07) is 0. The summed E-state index contributed by atoms with van der Waals surface area (Å²) in [6.45, 7) is -0.458. The van der Waals surface area contributed by atoms with Crippen molar-refractivity contribution in [2.75, 3.05) is 25.5 Å². The summed E-state index contributed by atoms with van der Waals surface area (Å²) in [5.74, 6) is -0.201. The Hall–Kier alpha value is 0.830. The maximum atomic E-state index is 10.6. The van der Waals surface area contributed by atoms with Crippen molar-refractivity contribution in [3.63, 3.8) is 0 Å². The zero-order valence-electron chi connectivity index (χ0n) is 7.49. The van der Waals surface area contributed by atoms with E-state index in [1.807, 2.05) is 0 Å². The van der Waals surface area contributed by atoms with Crippen molar-refractivity contribution in [1.82, 2.24) is 0 Å². The Morgan fingerprint density at radius 1 is 1.55 bits per heavy atom. The third-order valence-corrected chi connectivity index (χ3v) is 1.98. The van der Waals surface area contributed by atoms with Gasteiger partial charge in [0.05, 0.1) is 19.0 Å². The van der Waals surface area contributed by atoms with Crippen molar-refractivity contribution in [2.24, 2.45) is 5.73 Å². The molecule has 3 N–H and O–H groups in total. The molecule has 0 aliphatic carbocycles. The first-order valence-corrected chi connectivity index (χ1v) is 4.38. The summed E-state index contributed by atoms with van der Waals surface area (Å²) in [5.41, 5.74) is 4.96. The quantitative estimate of drug-likeness (QED) is 0.339. The van der Waals surface area contributed by atoms with E-state index in [1.54, 1.807) is 0 Å². The Morgan fingerprint density at radius 2 is 2.09 bits per heavy atom. The molecule has 0 aromatic heterocycles. The van der Waals surface area contributed by atoms with E-state index in [1.165, 1.54) is 0 Å². The smallest absolute Gasteiger partial charge is 1.00 e. The Kier molecular flexibility index (Phi) is 9.76. The van der Waals surface area contributed by atoms with Crippen LogP contribution in [0.25, 0.3) is 0 Å². The second-order valence-corrected chi connectivity index (χ2v) is 3.36. The Labute approximate surface area is 89.8 Å². The summed E-state index contributed by atoms with van der Waals surface area (Å²) in [4.78, 5) is 0. The van der Waals surface area contributed by atoms with Gasteiger partial charge in [0.2, 0.25) is 0 Å². The summed E-state index contributed by atoms with van der Waals surface area (Å²) in [6.07, 6.45) is 0. The van der Waals surface area contributed by atoms with E-state index in [2.05, 4.69) is 4.18 Å². The van der Waals surface area contributed by atoms with Crippen LogP contribution in [0, 0.1) is 0 Å². The van der Waals surface area contributed by atoms with Gasteiger partial charge in [-0.2, -0.15) is 8.42 Å². The van der Waals surface area contributed by atoms with Crippen molar-refractivity contribution >= 4 is 10.1 Å². The molecule has 7 heteroatoms. The Morgan fingerprint density at radius 3 is 2.45 bits per heavy atom. The molecule has 0 heterocycles. The molecule has 0 aromatic carbocycles. The van der Waals surface area contributed by atoms with E-state index < -0.39 is 10.1 Å². The third-order valence-electron chi connectivity index (χ3n) is 0.722. The third kappa shape index (κ3) is 8.74. The molecule has 0 unspecified atom stereocenters. The second kappa shape index (κ2) is 7.48. The number of rotatable bonds is 5. The number of aliphatic hydroxyl groups is 1. The van der Waals surface area contributed by atoms with Gasteiger partial charge in [-0.15, -0.1) is 0 Å². The molecule has 0 saturated carbocycles. The molecule has 0 atom stereocenters. The van der Waals surface area contributed by atoms with E-state index in [0.717, 1.165) is 0 Å². The van der Waals surface area contributed by atoms with Crippen molar-refractivity contribution in [3.05, 3.63) is 0 Å². The molecule has 0 aliphatic rings. The molecular weight excluding hydrogens is 181 g/mol. The molecule has 0 radical (unpaired) electrons. The first-order valence-electron chi connectivity index (χ1n) is 2.80. The topological polar surface area (TPSA) is 89.6 Å². The van der Waals surface area contributed by atoms with Gasteiger partial charge in [-0.3, -0.25) is 4.18 Å². The van der Waals surface area contributed by atoms with Crippen molar-refractivity contribution < 1.29 is 48.7 Å². The molecule has 0 aliphatic heterocycles. The molecular formula is C4H12NNaO4S. The van der Waals surface area contributed by atoms with Crippen LogP contribution in [0.1, 0.15) is 1.43 Å². The molecule has 5 nitrogen and oxygen atoms in total. The first kappa shape index (κ1) is 14.4. The van der Waals surface area contributed by atoms with E-state index in [9.17, 15) is 8.42 Å². The average molecular weight is 193 g/mol. The zero-order valence-corrected chi connectivity index (χ0v) is 9.30. The fraction of sp³-hybridized carbons (Fsp3) is 1.00. The van der Waals surface area contributed by atoms with Gasteiger partial charge in [0.1, 0.15) is 0 Å². The van der Waals surface area contributed by atoms with Gasteiger partial charge in [0, 0.05) is 6.54 Å². The van der Waals surface area contributed by atoms with Gasteiger partial charge in [-0.05, 0) is 0 Å². The van der Waals surface area contributed by atoms with Crippen LogP contribution in [0.5, 0.6) is 0 Å². The first-order chi connectivity index (χ1) is 4.62. The van der Waals surface area contributed by atoms with Gasteiger partial charge in [-0.25, -0.2) is 0 Å².